The first kappa shape index (κ1) is 18.6. The van der Waals surface area contributed by atoms with E-state index in [0.29, 0.717) is 15.6 Å². The van der Waals surface area contributed by atoms with Crippen LogP contribution in [0.5, 0.6) is 0 Å². The van der Waals surface area contributed by atoms with Crippen LogP contribution >= 0.6 is 23.2 Å². The maximum absolute atomic E-state index is 11.3. The van der Waals surface area contributed by atoms with E-state index in [9.17, 15) is 4.79 Å². The Hall–Kier alpha value is -1.39. The molecule has 6 N–H and O–H groups in total. The van der Waals surface area contributed by atoms with Crippen LogP contribution in [0.4, 0.5) is 0 Å². The van der Waals surface area contributed by atoms with Gasteiger partial charge in [0.15, 0.2) is 5.96 Å². The smallest absolute Gasteiger partial charge is 0.370 e. The molecule has 0 bridgehead atoms. The fourth-order valence-electron chi connectivity index (χ4n) is 1.04. The number of amides is 1. The lowest BCUT2D eigenvalue weighted by atomic mass is 10.1. The van der Waals surface area contributed by atoms with Gasteiger partial charge in [0.05, 0.1) is 6.42 Å². The highest BCUT2D eigenvalue weighted by Gasteiger charge is 2.09. The first-order chi connectivity index (χ1) is 9.00. The number of carbonyl (C=O) groups is 1. The Labute approximate surface area is 125 Å². The quantitative estimate of drug-likeness (QED) is 0.349. The molecule has 0 fully saturated rings. The molecule has 0 radical (unpaired) electrons. The van der Waals surface area contributed by atoms with Gasteiger partial charge in [0, 0.05) is 10.0 Å². The molecule has 1 aromatic carbocycles. The molecule has 0 unspecified atom stereocenters. The summed E-state index contributed by atoms with van der Waals surface area (Å²) in [6.07, 6.45) is -0.0175. The van der Waals surface area contributed by atoms with E-state index in [4.69, 9.17) is 52.2 Å². The summed E-state index contributed by atoms with van der Waals surface area (Å²) in [5.74, 6) is -0.756. The standard InChI is InChI=1S/C9H9Cl2N3O.H2O4S/c10-6-2-1-3-7(11)5(6)4-8(15)14-9(12)13;1-5(2,3)4/h1-3H,4H2,(H4,12,13,14,15);(H2,1,2,3,4). The maximum Gasteiger partial charge on any atom is 0.394 e. The zero-order valence-corrected chi connectivity index (χ0v) is 12.2. The minimum atomic E-state index is -4.67. The Morgan fingerprint density at radius 1 is 1.20 bits per heavy atom. The Morgan fingerprint density at radius 3 is 1.95 bits per heavy atom. The van der Waals surface area contributed by atoms with E-state index in [2.05, 4.69) is 4.99 Å². The molecule has 0 atom stereocenters. The summed E-state index contributed by atoms with van der Waals surface area (Å²) >= 11 is 11.7. The van der Waals surface area contributed by atoms with E-state index in [1.54, 1.807) is 18.2 Å². The normalized spacial score (nSPS) is 10.2. The van der Waals surface area contributed by atoms with E-state index in [1.807, 2.05) is 0 Å². The second-order valence-electron chi connectivity index (χ2n) is 3.26. The molecular formula is C9H11Cl2N3O5S. The molecule has 112 valence electrons. The average molecular weight is 344 g/mol. The summed E-state index contributed by atoms with van der Waals surface area (Å²) in [6.45, 7) is 0. The van der Waals surface area contributed by atoms with Crippen LogP contribution in [-0.4, -0.2) is 29.4 Å². The average Bonchev–Trinajstić information content (AvgIpc) is 2.20. The fourth-order valence-corrected chi connectivity index (χ4v) is 1.57. The molecule has 0 aromatic heterocycles. The topological polar surface area (TPSA) is 156 Å². The van der Waals surface area contributed by atoms with E-state index in [-0.39, 0.29) is 12.4 Å². The van der Waals surface area contributed by atoms with Gasteiger partial charge in [-0.15, -0.1) is 0 Å². The van der Waals surface area contributed by atoms with Crippen molar-refractivity contribution in [3.05, 3.63) is 33.8 Å². The number of rotatable bonds is 2. The van der Waals surface area contributed by atoms with Crippen LogP contribution in [0, 0.1) is 0 Å². The van der Waals surface area contributed by atoms with Gasteiger partial charge in [0.25, 0.3) is 5.91 Å². The summed E-state index contributed by atoms with van der Waals surface area (Å²) < 4.78 is 31.6. The van der Waals surface area contributed by atoms with Crippen molar-refractivity contribution in [2.45, 2.75) is 6.42 Å². The predicted molar refractivity (Wildman–Crippen MR) is 75.2 cm³/mol. The van der Waals surface area contributed by atoms with Gasteiger partial charge >= 0.3 is 10.4 Å². The first-order valence-corrected chi connectivity index (χ1v) is 6.91. The van der Waals surface area contributed by atoms with Gasteiger partial charge in [-0.1, -0.05) is 29.3 Å². The van der Waals surface area contributed by atoms with Crippen LogP contribution in [0.1, 0.15) is 5.56 Å². The number of nitrogens with zero attached hydrogens (tertiary/aromatic N) is 1. The molecule has 0 aliphatic rings. The third kappa shape index (κ3) is 9.53. The molecule has 8 nitrogen and oxygen atoms in total. The lowest BCUT2D eigenvalue weighted by molar-refractivity contribution is -0.117. The maximum atomic E-state index is 11.3. The molecule has 1 rings (SSSR count). The van der Waals surface area contributed by atoms with Crippen LogP contribution in [0.25, 0.3) is 0 Å². The Balaban J connectivity index is 0.000000621. The van der Waals surface area contributed by atoms with Crippen molar-refractivity contribution in [3.8, 4) is 0 Å². The van der Waals surface area contributed by atoms with E-state index < -0.39 is 16.3 Å². The van der Waals surface area contributed by atoms with E-state index in [1.165, 1.54) is 0 Å². The molecule has 0 heterocycles. The van der Waals surface area contributed by atoms with Crippen molar-refractivity contribution in [1.29, 1.82) is 0 Å². The number of guanidine groups is 1. The van der Waals surface area contributed by atoms with Crippen LogP contribution in [-0.2, 0) is 21.6 Å². The largest absolute Gasteiger partial charge is 0.394 e. The van der Waals surface area contributed by atoms with Gasteiger partial charge in [0.1, 0.15) is 0 Å². The van der Waals surface area contributed by atoms with E-state index >= 15 is 0 Å². The number of nitrogens with two attached hydrogens (primary N) is 2. The second-order valence-corrected chi connectivity index (χ2v) is 4.97. The van der Waals surface area contributed by atoms with Crippen LogP contribution in [0.15, 0.2) is 23.2 Å². The Bertz CT molecular complexity index is 586. The summed E-state index contributed by atoms with van der Waals surface area (Å²) in [4.78, 5) is 14.6. The van der Waals surface area contributed by atoms with Crippen molar-refractivity contribution < 1.29 is 22.3 Å². The van der Waals surface area contributed by atoms with Crippen LogP contribution in [0.2, 0.25) is 10.0 Å². The third-order valence-electron chi connectivity index (χ3n) is 1.64. The van der Waals surface area contributed by atoms with Gasteiger partial charge in [0.2, 0.25) is 0 Å². The number of hydrogen-bond donors (Lipinski definition) is 4. The Morgan fingerprint density at radius 2 is 1.60 bits per heavy atom. The molecule has 1 aromatic rings. The highest BCUT2D eigenvalue weighted by Crippen LogP contribution is 2.24. The summed E-state index contributed by atoms with van der Waals surface area (Å²) in [6, 6.07) is 4.98. The monoisotopic (exact) mass is 343 g/mol. The lowest BCUT2D eigenvalue weighted by Gasteiger charge is -2.03. The van der Waals surface area contributed by atoms with Crippen molar-refractivity contribution in [3.63, 3.8) is 0 Å². The van der Waals surface area contributed by atoms with Crippen molar-refractivity contribution in [2.24, 2.45) is 16.5 Å². The van der Waals surface area contributed by atoms with Gasteiger partial charge in [-0.2, -0.15) is 13.4 Å². The predicted octanol–water partition coefficient (Wildman–Crippen LogP) is 0.683. The molecule has 11 heteroatoms. The van der Waals surface area contributed by atoms with Crippen LogP contribution in [0.3, 0.4) is 0 Å². The highest BCUT2D eigenvalue weighted by molar-refractivity contribution is 7.79. The molecular weight excluding hydrogens is 333 g/mol. The zero-order chi connectivity index (χ0) is 15.9. The minimum absolute atomic E-state index is 0.0175. The number of halogens is 2. The fraction of sp³-hybridized carbons (Fsp3) is 0.111. The SMILES string of the molecule is NC(N)=NC(=O)Cc1c(Cl)cccc1Cl.O=S(=O)(O)O. The summed E-state index contributed by atoms with van der Waals surface area (Å²) in [7, 11) is -4.67. The van der Waals surface area contributed by atoms with Crippen molar-refractivity contribution >= 4 is 45.5 Å². The van der Waals surface area contributed by atoms with Gasteiger partial charge in [-0.25, -0.2) is 0 Å². The van der Waals surface area contributed by atoms with E-state index in [0.717, 1.165) is 0 Å². The minimum Gasteiger partial charge on any atom is -0.370 e. The van der Waals surface area contributed by atoms with Gasteiger partial charge in [-0.05, 0) is 17.7 Å². The summed E-state index contributed by atoms with van der Waals surface area (Å²) in [5.41, 5.74) is 10.7. The molecule has 0 saturated heterocycles. The number of hydrogen-bond acceptors (Lipinski definition) is 3. The van der Waals surface area contributed by atoms with Crippen molar-refractivity contribution in [2.75, 3.05) is 0 Å². The van der Waals surface area contributed by atoms with Crippen LogP contribution < -0.4 is 11.5 Å². The molecule has 20 heavy (non-hydrogen) atoms. The molecule has 0 spiro atoms. The number of benzene rings is 1. The number of carbonyl (C=O) groups excluding carboxylic acids is 1. The highest BCUT2D eigenvalue weighted by atomic mass is 35.5. The van der Waals surface area contributed by atoms with Gasteiger partial charge < -0.3 is 11.5 Å². The second kappa shape index (κ2) is 8.02. The molecule has 0 saturated carbocycles. The molecule has 0 aliphatic carbocycles. The number of aliphatic imine (C=N–C) groups is 1. The molecule has 0 aliphatic heterocycles. The third-order valence-corrected chi connectivity index (χ3v) is 2.35. The summed E-state index contributed by atoms with van der Waals surface area (Å²) in [5, 5.41) is 0.836. The van der Waals surface area contributed by atoms with Gasteiger partial charge in [-0.3, -0.25) is 13.9 Å². The zero-order valence-electron chi connectivity index (χ0n) is 9.82. The lowest BCUT2D eigenvalue weighted by Crippen LogP contribution is -2.24. The van der Waals surface area contributed by atoms with Crippen molar-refractivity contribution in [1.82, 2.24) is 0 Å². The first-order valence-electron chi connectivity index (χ1n) is 4.76. The molecule has 1 amide bonds. The Kier molecular flexibility index (Phi) is 7.46.